The normalized spacial score (nSPS) is 22.1. The second-order valence-corrected chi connectivity index (χ2v) is 5.47. The highest BCUT2D eigenvalue weighted by Crippen LogP contribution is 2.09. The number of thioether (sulfide) groups is 1. The van der Waals surface area contributed by atoms with Crippen LogP contribution in [0.15, 0.2) is 24.5 Å². The molecular formula is C12H17N5O2S. The zero-order valence-electron chi connectivity index (χ0n) is 10.8. The molecule has 5 N–H and O–H groups in total. The van der Waals surface area contributed by atoms with Gasteiger partial charge in [0.25, 0.3) is 0 Å². The number of nitrogens with zero attached hydrogens (tertiary/aromatic N) is 1. The molecule has 108 valence electrons. The van der Waals surface area contributed by atoms with Crippen LogP contribution in [-0.2, 0) is 16.1 Å². The number of pyridine rings is 1. The first-order valence-corrected chi connectivity index (χ1v) is 7.26. The van der Waals surface area contributed by atoms with Gasteiger partial charge in [0.2, 0.25) is 11.8 Å². The van der Waals surface area contributed by atoms with Gasteiger partial charge in [-0.3, -0.25) is 19.9 Å². The second-order valence-electron chi connectivity index (χ2n) is 4.37. The van der Waals surface area contributed by atoms with E-state index in [1.807, 2.05) is 12.1 Å². The zero-order valence-corrected chi connectivity index (χ0v) is 11.7. The van der Waals surface area contributed by atoms with E-state index in [2.05, 4.69) is 20.9 Å². The largest absolute Gasteiger partial charge is 0.351 e. The molecule has 2 amide bonds. The standard InChI is InChI=1S/C12H17N5O2S/c13-9-4-10(18)17-12(16-9)20-7-11(19)15-6-8-2-1-3-14-5-8/h1-3,5,9,12,16H,4,6-7,13H2,(H,15,19)(H,17,18). The smallest absolute Gasteiger partial charge is 0.230 e. The van der Waals surface area contributed by atoms with E-state index in [0.717, 1.165) is 5.56 Å². The topological polar surface area (TPSA) is 109 Å². The maximum Gasteiger partial charge on any atom is 0.230 e. The fraction of sp³-hybridized carbons (Fsp3) is 0.417. The van der Waals surface area contributed by atoms with Gasteiger partial charge in [0.05, 0.1) is 18.3 Å². The molecule has 1 aliphatic rings. The summed E-state index contributed by atoms with van der Waals surface area (Å²) in [5, 5.41) is 8.50. The summed E-state index contributed by atoms with van der Waals surface area (Å²) in [4.78, 5) is 27.0. The number of nitrogens with one attached hydrogen (secondary N) is 3. The third-order valence-corrected chi connectivity index (χ3v) is 3.67. The van der Waals surface area contributed by atoms with Gasteiger partial charge < -0.3 is 16.4 Å². The highest BCUT2D eigenvalue weighted by atomic mass is 32.2. The first kappa shape index (κ1) is 14.8. The molecule has 2 rings (SSSR count). The van der Waals surface area contributed by atoms with Crippen molar-refractivity contribution in [3.8, 4) is 0 Å². The second kappa shape index (κ2) is 7.22. The van der Waals surface area contributed by atoms with E-state index in [1.165, 1.54) is 11.8 Å². The van der Waals surface area contributed by atoms with Crippen molar-refractivity contribution in [3.05, 3.63) is 30.1 Å². The third kappa shape index (κ3) is 4.80. The van der Waals surface area contributed by atoms with Crippen molar-refractivity contribution in [2.24, 2.45) is 5.73 Å². The minimum Gasteiger partial charge on any atom is -0.351 e. The molecule has 1 aliphatic heterocycles. The number of carbonyl (C=O) groups is 2. The average molecular weight is 295 g/mol. The lowest BCUT2D eigenvalue weighted by atomic mass is 10.3. The SMILES string of the molecule is NC1CC(=O)NC(SCC(=O)NCc2cccnc2)N1. The molecule has 1 aromatic rings. The molecule has 0 bridgehead atoms. The van der Waals surface area contributed by atoms with Crippen molar-refractivity contribution < 1.29 is 9.59 Å². The number of hydrogen-bond acceptors (Lipinski definition) is 6. The number of amides is 2. The highest BCUT2D eigenvalue weighted by Gasteiger charge is 2.23. The van der Waals surface area contributed by atoms with E-state index in [4.69, 9.17) is 5.73 Å². The molecule has 0 saturated carbocycles. The summed E-state index contributed by atoms with van der Waals surface area (Å²) in [5.41, 5.74) is 6.28. The zero-order chi connectivity index (χ0) is 14.4. The van der Waals surface area contributed by atoms with Gasteiger partial charge in [0.1, 0.15) is 5.50 Å². The summed E-state index contributed by atoms with van der Waals surface area (Å²) in [6, 6.07) is 3.71. The predicted molar refractivity (Wildman–Crippen MR) is 76.2 cm³/mol. The molecule has 1 fully saturated rings. The molecular weight excluding hydrogens is 278 g/mol. The lowest BCUT2D eigenvalue weighted by Crippen LogP contribution is -2.58. The molecule has 20 heavy (non-hydrogen) atoms. The average Bonchev–Trinajstić information content (AvgIpc) is 2.43. The van der Waals surface area contributed by atoms with Crippen LogP contribution in [0, 0.1) is 0 Å². The fourth-order valence-corrected chi connectivity index (χ4v) is 2.61. The summed E-state index contributed by atoms with van der Waals surface area (Å²) < 4.78 is 0. The highest BCUT2D eigenvalue weighted by molar-refractivity contribution is 8.00. The summed E-state index contributed by atoms with van der Waals surface area (Å²) in [5.74, 6) is 0.0313. The number of carbonyl (C=O) groups excluding carboxylic acids is 2. The number of hydrogen-bond donors (Lipinski definition) is 4. The quantitative estimate of drug-likeness (QED) is 0.561. The van der Waals surface area contributed by atoms with Crippen LogP contribution in [0.4, 0.5) is 0 Å². The molecule has 1 aromatic heterocycles. The van der Waals surface area contributed by atoms with E-state index >= 15 is 0 Å². The molecule has 8 heteroatoms. The van der Waals surface area contributed by atoms with Crippen LogP contribution in [0.3, 0.4) is 0 Å². The Labute approximate surface area is 121 Å². The molecule has 1 saturated heterocycles. The monoisotopic (exact) mass is 295 g/mol. The van der Waals surface area contributed by atoms with Gasteiger partial charge in [-0.25, -0.2) is 0 Å². The molecule has 2 atom stereocenters. The van der Waals surface area contributed by atoms with Crippen LogP contribution in [-0.4, -0.2) is 34.2 Å². The van der Waals surface area contributed by atoms with E-state index in [-0.39, 0.29) is 35.7 Å². The Kier molecular flexibility index (Phi) is 5.33. The van der Waals surface area contributed by atoms with Crippen LogP contribution < -0.4 is 21.7 Å². The molecule has 0 aliphatic carbocycles. The summed E-state index contributed by atoms with van der Waals surface area (Å²) in [6.45, 7) is 0.442. The van der Waals surface area contributed by atoms with Crippen molar-refractivity contribution in [1.82, 2.24) is 20.9 Å². The van der Waals surface area contributed by atoms with Crippen molar-refractivity contribution >= 4 is 23.6 Å². The Morgan fingerprint density at radius 3 is 3.15 bits per heavy atom. The van der Waals surface area contributed by atoms with Crippen LogP contribution in [0.25, 0.3) is 0 Å². The Balaban J connectivity index is 1.68. The molecule has 2 unspecified atom stereocenters. The van der Waals surface area contributed by atoms with Crippen molar-refractivity contribution in [3.63, 3.8) is 0 Å². The Morgan fingerprint density at radius 1 is 1.60 bits per heavy atom. The van der Waals surface area contributed by atoms with Crippen molar-refractivity contribution in [2.45, 2.75) is 24.6 Å². The van der Waals surface area contributed by atoms with Gasteiger partial charge in [-0.05, 0) is 11.6 Å². The van der Waals surface area contributed by atoms with E-state index in [0.29, 0.717) is 6.54 Å². The molecule has 0 spiro atoms. The maximum absolute atomic E-state index is 11.7. The van der Waals surface area contributed by atoms with Crippen LogP contribution in [0.1, 0.15) is 12.0 Å². The first-order chi connectivity index (χ1) is 9.63. The predicted octanol–water partition coefficient (Wildman–Crippen LogP) is -0.891. The van der Waals surface area contributed by atoms with E-state index in [1.54, 1.807) is 12.4 Å². The Morgan fingerprint density at radius 2 is 2.45 bits per heavy atom. The van der Waals surface area contributed by atoms with Gasteiger partial charge in [-0.15, -0.1) is 11.8 Å². The van der Waals surface area contributed by atoms with Gasteiger partial charge in [-0.1, -0.05) is 6.07 Å². The van der Waals surface area contributed by atoms with Crippen LogP contribution >= 0.6 is 11.8 Å². The van der Waals surface area contributed by atoms with Crippen molar-refractivity contribution in [2.75, 3.05) is 5.75 Å². The summed E-state index contributed by atoms with van der Waals surface area (Å²) in [6.07, 6.45) is 3.28. The van der Waals surface area contributed by atoms with Crippen LogP contribution in [0.5, 0.6) is 0 Å². The minimum absolute atomic E-state index is 0.103. The lowest BCUT2D eigenvalue weighted by Gasteiger charge is -2.28. The molecule has 0 radical (unpaired) electrons. The van der Waals surface area contributed by atoms with Gasteiger partial charge in [0.15, 0.2) is 0 Å². The third-order valence-electron chi connectivity index (χ3n) is 2.66. The Hall–Kier alpha value is -1.64. The van der Waals surface area contributed by atoms with Crippen molar-refractivity contribution in [1.29, 1.82) is 0 Å². The Bertz CT molecular complexity index is 470. The van der Waals surface area contributed by atoms with Gasteiger partial charge >= 0.3 is 0 Å². The van der Waals surface area contributed by atoms with Gasteiger partial charge in [0, 0.05) is 18.9 Å². The lowest BCUT2D eigenvalue weighted by molar-refractivity contribution is -0.123. The van der Waals surface area contributed by atoms with Crippen LogP contribution in [0.2, 0.25) is 0 Å². The van der Waals surface area contributed by atoms with E-state index in [9.17, 15) is 9.59 Å². The number of rotatable bonds is 5. The molecule has 2 heterocycles. The first-order valence-electron chi connectivity index (χ1n) is 6.21. The fourth-order valence-electron chi connectivity index (χ4n) is 1.70. The summed E-state index contributed by atoms with van der Waals surface area (Å²) >= 11 is 1.30. The minimum atomic E-state index is -0.361. The number of aromatic nitrogens is 1. The maximum atomic E-state index is 11.7. The molecule has 7 nitrogen and oxygen atoms in total. The van der Waals surface area contributed by atoms with E-state index < -0.39 is 0 Å². The summed E-state index contributed by atoms with van der Waals surface area (Å²) in [7, 11) is 0. The molecule has 0 aromatic carbocycles. The van der Waals surface area contributed by atoms with Gasteiger partial charge in [-0.2, -0.15) is 0 Å². The number of nitrogens with two attached hydrogens (primary N) is 1.